The molecule has 0 fully saturated rings. The maximum Gasteiger partial charge on any atom is 0.324 e. The van der Waals surface area contributed by atoms with Crippen LogP contribution in [0.15, 0.2) is 23.1 Å². The lowest BCUT2D eigenvalue weighted by molar-refractivity contribution is -0.136. The molecule has 1 heterocycles. The lowest BCUT2D eigenvalue weighted by atomic mass is 10.1. The lowest BCUT2D eigenvalue weighted by Crippen LogP contribution is -2.47. The van der Waals surface area contributed by atoms with Gasteiger partial charge in [-0.1, -0.05) is 12.1 Å². The molecule has 1 aliphatic heterocycles. The Morgan fingerprint density at radius 1 is 1.41 bits per heavy atom. The van der Waals surface area contributed by atoms with Gasteiger partial charge in [-0.15, -0.1) is 0 Å². The fraction of sp³-hybridized carbons (Fsp3) is 0.364. The topological polar surface area (TPSA) is 83.5 Å². The van der Waals surface area contributed by atoms with Crippen molar-refractivity contribution in [1.29, 1.82) is 0 Å². The van der Waals surface area contributed by atoms with E-state index in [-0.39, 0.29) is 4.90 Å². The molecule has 0 aromatic heterocycles. The SMILES string of the molecule is Cc1cccc2c1NC(C)C(C(=O)O)S2(=O)=O. The first-order chi connectivity index (χ1) is 7.85. The highest BCUT2D eigenvalue weighted by Crippen LogP contribution is 2.34. The van der Waals surface area contributed by atoms with Crippen molar-refractivity contribution in [1.82, 2.24) is 0 Å². The van der Waals surface area contributed by atoms with Crippen molar-refractivity contribution in [2.45, 2.75) is 30.0 Å². The van der Waals surface area contributed by atoms with Crippen LogP contribution in [0.3, 0.4) is 0 Å². The van der Waals surface area contributed by atoms with Crippen LogP contribution in [0.25, 0.3) is 0 Å². The highest BCUT2D eigenvalue weighted by molar-refractivity contribution is 7.93. The molecule has 0 aliphatic carbocycles. The molecule has 5 nitrogen and oxygen atoms in total. The number of aliphatic carboxylic acids is 1. The Balaban J connectivity index is 2.70. The van der Waals surface area contributed by atoms with Gasteiger partial charge in [0.2, 0.25) is 0 Å². The van der Waals surface area contributed by atoms with E-state index in [1.807, 2.05) is 0 Å². The minimum Gasteiger partial charge on any atom is -0.480 e. The van der Waals surface area contributed by atoms with E-state index >= 15 is 0 Å². The molecule has 1 aromatic carbocycles. The number of para-hydroxylation sites is 1. The van der Waals surface area contributed by atoms with Gasteiger partial charge in [-0.25, -0.2) is 8.42 Å². The average molecular weight is 255 g/mol. The maximum absolute atomic E-state index is 12.2. The summed E-state index contributed by atoms with van der Waals surface area (Å²) in [5.74, 6) is -1.32. The number of benzene rings is 1. The van der Waals surface area contributed by atoms with Gasteiger partial charge in [0.25, 0.3) is 0 Å². The summed E-state index contributed by atoms with van der Waals surface area (Å²) < 4.78 is 24.4. The van der Waals surface area contributed by atoms with Gasteiger partial charge in [-0.05, 0) is 25.5 Å². The predicted molar refractivity (Wildman–Crippen MR) is 62.9 cm³/mol. The molecule has 0 saturated heterocycles. The van der Waals surface area contributed by atoms with E-state index in [1.54, 1.807) is 26.0 Å². The summed E-state index contributed by atoms with van der Waals surface area (Å²) in [4.78, 5) is 11.1. The van der Waals surface area contributed by atoms with Gasteiger partial charge < -0.3 is 10.4 Å². The minimum atomic E-state index is -3.82. The van der Waals surface area contributed by atoms with Crippen molar-refractivity contribution >= 4 is 21.5 Å². The third kappa shape index (κ3) is 1.68. The van der Waals surface area contributed by atoms with Crippen LogP contribution < -0.4 is 5.32 Å². The number of carbonyl (C=O) groups is 1. The summed E-state index contributed by atoms with van der Waals surface area (Å²) in [6.07, 6.45) is 0. The van der Waals surface area contributed by atoms with Gasteiger partial charge in [-0.2, -0.15) is 0 Å². The molecule has 0 spiro atoms. The smallest absolute Gasteiger partial charge is 0.324 e. The number of rotatable bonds is 1. The van der Waals surface area contributed by atoms with E-state index in [2.05, 4.69) is 5.32 Å². The molecule has 17 heavy (non-hydrogen) atoms. The molecule has 1 aromatic rings. The summed E-state index contributed by atoms with van der Waals surface area (Å²) in [7, 11) is -3.82. The minimum absolute atomic E-state index is 0.0722. The van der Waals surface area contributed by atoms with Gasteiger partial charge in [0.05, 0.1) is 16.6 Å². The van der Waals surface area contributed by atoms with E-state index in [1.165, 1.54) is 6.07 Å². The third-order valence-electron chi connectivity index (χ3n) is 2.94. The highest BCUT2D eigenvalue weighted by atomic mass is 32.2. The fourth-order valence-electron chi connectivity index (χ4n) is 2.12. The standard InChI is InChI=1S/C11H13NO4S/c1-6-4-3-5-8-9(6)12-7(2)10(11(13)14)17(8,15)16/h3-5,7,10,12H,1-2H3,(H,13,14). The van der Waals surface area contributed by atoms with E-state index in [0.717, 1.165) is 5.56 Å². The second-order valence-electron chi connectivity index (χ2n) is 4.18. The number of nitrogens with one attached hydrogen (secondary N) is 1. The Kier molecular flexibility index (Phi) is 2.61. The number of hydrogen-bond donors (Lipinski definition) is 2. The lowest BCUT2D eigenvalue weighted by Gasteiger charge is -2.30. The molecule has 92 valence electrons. The Morgan fingerprint density at radius 3 is 2.65 bits per heavy atom. The Hall–Kier alpha value is -1.56. The first-order valence-electron chi connectivity index (χ1n) is 5.18. The van der Waals surface area contributed by atoms with E-state index < -0.39 is 27.1 Å². The molecule has 0 saturated carbocycles. The van der Waals surface area contributed by atoms with Crippen molar-refractivity contribution in [2.75, 3.05) is 5.32 Å². The van der Waals surface area contributed by atoms with E-state index in [4.69, 9.17) is 5.11 Å². The molecule has 6 heteroatoms. The molecule has 2 atom stereocenters. The number of sulfone groups is 1. The summed E-state index contributed by atoms with van der Waals surface area (Å²) in [6, 6.07) is 4.19. The van der Waals surface area contributed by atoms with Crippen LogP contribution >= 0.6 is 0 Å². The number of anilines is 1. The van der Waals surface area contributed by atoms with Crippen LogP contribution in [-0.2, 0) is 14.6 Å². The molecular weight excluding hydrogens is 242 g/mol. The van der Waals surface area contributed by atoms with E-state index in [0.29, 0.717) is 5.69 Å². The third-order valence-corrected chi connectivity index (χ3v) is 5.18. The number of fused-ring (bicyclic) bond motifs is 1. The average Bonchev–Trinajstić information content (AvgIpc) is 2.18. The maximum atomic E-state index is 12.2. The summed E-state index contributed by atoms with van der Waals surface area (Å²) in [5.41, 5.74) is 1.30. The van der Waals surface area contributed by atoms with Crippen LogP contribution in [0.5, 0.6) is 0 Å². The fourth-order valence-corrected chi connectivity index (χ4v) is 4.04. The van der Waals surface area contributed by atoms with Crippen molar-refractivity contribution in [2.24, 2.45) is 0 Å². The first-order valence-corrected chi connectivity index (χ1v) is 6.73. The van der Waals surface area contributed by atoms with Crippen molar-refractivity contribution < 1.29 is 18.3 Å². The predicted octanol–water partition coefficient (Wildman–Crippen LogP) is 1.04. The van der Waals surface area contributed by atoms with E-state index in [9.17, 15) is 13.2 Å². The van der Waals surface area contributed by atoms with Gasteiger partial charge in [-0.3, -0.25) is 4.79 Å². The van der Waals surface area contributed by atoms with Crippen LogP contribution in [0.4, 0.5) is 5.69 Å². The van der Waals surface area contributed by atoms with Crippen molar-refractivity contribution in [3.8, 4) is 0 Å². The highest BCUT2D eigenvalue weighted by Gasteiger charge is 2.43. The summed E-state index contributed by atoms with van der Waals surface area (Å²) >= 11 is 0. The monoisotopic (exact) mass is 255 g/mol. The van der Waals surface area contributed by atoms with Gasteiger partial charge in [0, 0.05) is 0 Å². The molecule has 0 bridgehead atoms. The molecule has 1 aliphatic rings. The molecule has 2 N–H and O–H groups in total. The zero-order chi connectivity index (χ0) is 12.8. The quantitative estimate of drug-likeness (QED) is 0.783. The Morgan fingerprint density at radius 2 is 2.06 bits per heavy atom. The van der Waals surface area contributed by atoms with Crippen LogP contribution in [0.1, 0.15) is 12.5 Å². The largest absolute Gasteiger partial charge is 0.480 e. The second kappa shape index (κ2) is 3.73. The van der Waals surface area contributed by atoms with Gasteiger partial charge >= 0.3 is 5.97 Å². The molecule has 0 amide bonds. The number of hydrogen-bond acceptors (Lipinski definition) is 4. The van der Waals surface area contributed by atoms with Crippen LogP contribution in [0, 0.1) is 6.92 Å². The second-order valence-corrected chi connectivity index (χ2v) is 6.22. The summed E-state index contributed by atoms with van der Waals surface area (Å²) in [5, 5.41) is 10.5. The summed E-state index contributed by atoms with van der Waals surface area (Å²) in [6.45, 7) is 3.35. The van der Waals surface area contributed by atoms with Crippen LogP contribution in [0.2, 0.25) is 0 Å². The molecule has 2 unspecified atom stereocenters. The van der Waals surface area contributed by atoms with Crippen molar-refractivity contribution in [3.63, 3.8) is 0 Å². The Bertz CT molecular complexity index is 579. The Labute approximate surface area is 99.4 Å². The van der Waals surface area contributed by atoms with Gasteiger partial charge in [0.1, 0.15) is 0 Å². The molecule has 0 radical (unpaired) electrons. The first kappa shape index (κ1) is 11.9. The zero-order valence-electron chi connectivity index (χ0n) is 9.47. The van der Waals surface area contributed by atoms with Crippen LogP contribution in [-0.4, -0.2) is 30.8 Å². The zero-order valence-corrected chi connectivity index (χ0v) is 10.3. The molecule has 2 rings (SSSR count). The number of aryl methyl sites for hydroxylation is 1. The van der Waals surface area contributed by atoms with Crippen molar-refractivity contribution in [3.05, 3.63) is 23.8 Å². The number of carboxylic acids is 1. The molecular formula is C11H13NO4S. The van der Waals surface area contributed by atoms with Gasteiger partial charge in [0.15, 0.2) is 15.1 Å². The normalized spacial score (nSPS) is 25.8. The number of carboxylic acid groups (broad SMARTS) is 1.